The van der Waals surface area contributed by atoms with Gasteiger partial charge in [0.05, 0.1) is 17.3 Å². The normalized spacial score (nSPS) is 10.6. The van der Waals surface area contributed by atoms with Gasteiger partial charge in [0, 0.05) is 0 Å². The molecule has 1 aromatic carbocycles. The quantitative estimate of drug-likeness (QED) is 0.730. The Morgan fingerprint density at radius 3 is 2.60 bits per heavy atom. The molecule has 15 heavy (non-hydrogen) atoms. The average molecular weight is 222 g/mol. The fraction of sp³-hybridized carbons (Fsp3) is 0.273. The first-order valence-corrected chi connectivity index (χ1v) is 5.30. The smallest absolute Gasteiger partial charge is 0.101 e. The molecular formula is C11H12ClN3. The van der Waals surface area contributed by atoms with Gasteiger partial charge in [-0.3, -0.25) is 0 Å². The zero-order valence-corrected chi connectivity index (χ0v) is 9.49. The van der Waals surface area contributed by atoms with Gasteiger partial charge >= 0.3 is 0 Å². The zero-order chi connectivity index (χ0) is 10.8. The van der Waals surface area contributed by atoms with Crippen molar-refractivity contribution in [1.82, 2.24) is 15.0 Å². The first-order valence-electron chi connectivity index (χ1n) is 4.77. The summed E-state index contributed by atoms with van der Waals surface area (Å²) in [6.07, 6.45) is 0. The third-order valence-corrected chi connectivity index (χ3v) is 2.71. The summed E-state index contributed by atoms with van der Waals surface area (Å²) in [4.78, 5) is 0. The molecule has 2 rings (SSSR count). The van der Waals surface area contributed by atoms with Crippen molar-refractivity contribution in [2.75, 3.05) is 0 Å². The van der Waals surface area contributed by atoms with Crippen LogP contribution in [0.1, 0.15) is 17.0 Å². The summed E-state index contributed by atoms with van der Waals surface area (Å²) >= 11 is 5.76. The van der Waals surface area contributed by atoms with E-state index in [1.54, 1.807) is 0 Å². The Labute approximate surface area is 93.7 Å². The molecule has 0 atom stereocenters. The molecule has 0 amide bonds. The molecule has 0 N–H and O–H groups in total. The number of para-hydroxylation sites is 1. The lowest BCUT2D eigenvalue weighted by Crippen LogP contribution is -2.01. The van der Waals surface area contributed by atoms with Gasteiger partial charge in [-0.2, -0.15) is 0 Å². The standard InChI is InChI=1S/C11H12ClN3/c1-8-5-3-4-6-11(8)15-9(2)10(7-12)13-14-15/h3-6H,7H2,1-2H3. The van der Waals surface area contributed by atoms with Crippen molar-refractivity contribution in [2.24, 2.45) is 0 Å². The van der Waals surface area contributed by atoms with Crippen LogP contribution in [-0.4, -0.2) is 15.0 Å². The fourth-order valence-electron chi connectivity index (χ4n) is 1.51. The van der Waals surface area contributed by atoms with E-state index < -0.39 is 0 Å². The van der Waals surface area contributed by atoms with Gasteiger partial charge in [-0.15, -0.1) is 16.7 Å². The Bertz CT molecular complexity index is 476. The number of hydrogen-bond acceptors (Lipinski definition) is 2. The SMILES string of the molecule is Cc1ccccc1-n1nnc(CCl)c1C. The number of aryl methyl sites for hydroxylation is 1. The van der Waals surface area contributed by atoms with Gasteiger partial charge in [0.1, 0.15) is 5.69 Å². The number of halogens is 1. The second-order valence-corrected chi connectivity index (χ2v) is 3.72. The fourth-order valence-corrected chi connectivity index (χ4v) is 1.76. The van der Waals surface area contributed by atoms with Gasteiger partial charge < -0.3 is 0 Å². The molecule has 0 spiro atoms. The van der Waals surface area contributed by atoms with Gasteiger partial charge in [0.15, 0.2) is 0 Å². The third kappa shape index (κ3) is 1.75. The largest absolute Gasteiger partial charge is 0.217 e. The molecule has 1 aromatic heterocycles. The first-order chi connectivity index (χ1) is 7.24. The predicted octanol–water partition coefficient (Wildman–Crippen LogP) is 2.62. The highest BCUT2D eigenvalue weighted by Crippen LogP contribution is 2.16. The lowest BCUT2D eigenvalue weighted by molar-refractivity contribution is 0.779. The minimum Gasteiger partial charge on any atom is -0.217 e. The summed E-state index contributed by atoms with van der Waals surface area (Å²) < 4.78 is 1.83. The Morgan fingerprint density at radius 1 is 1.27 bits per heavy atom. The molecule has 0 bridgehead atoms. The van der Waals surface area contributed by atoms with Crippen LogP contribution in [0.15, 0.2) is 24.3 Å². The van der Waals surface area contributed by atoms with E-state index in [-0.39, 0.29) is 0 Å². The van der Waals surface area contributed by atoms with Crippen molar-refractivity contribution in [3.05, 3.63) is 41.2 Å². The van der Waals surface area contributed by atoms with Gasteiger partial charge in [-0.1, -0.05) is 23.4 Å². The molecule has 0 radical (unpaired) electrons. The van der Waals surface area contributed by atoms with Crippen LogP contribution in [0.4, 0.5) is 0 Å². The minimum atomic E-state index is 0.401. The molecule has 4 heteroatoms. The van der Waals surface area contributed by atoms with Gasteiger partial charge in [0.2, 0.25) is 0 Å². The number of rotatable bonds is 2. The van der Waals surface area contributed by atoms with Crippen molar-refractivity contribution < 1.29 is 0 Å². The van der Waals surface area contributed by atoms with Crippen LogP contribution in [0.2, 0.25) is 0 Å². The summed E-state index contributed by atoms with van der Waals surface area (Å²) in [7, 11) is 0. The summed E-state index contributed by atoms with van der Waals surface area (Å²) in [6.45, 7) is 4.03. The third-order valence-electron chi connectivity index (χ3n) is 2.46. The van der Waals surface area contributed by atoms with Crippen LogP contribution in [0.25, 0.3) is 5.69 Å². The van der Waals surface area contributed by atoms with Crippen molar-refractivity contribution in [3.8, 4) is 5.69 Å². The van der Waals surface area contributed by atoms with E-state index in [9.17, 15) is 0 Å². The number of aromatic nitrogens is 3. The van der Waals surface area contributed by atoms with E-state index in [0.717, 1.165) is 17.1 Å². The minimum absolute atomic E-state index is 0.401. The Hall–Kier alpha value is -1.35. The van der Waals surface area contributed by atoms with E-state index in [1.807, 2.05) is 29.8 Å². The maximum atomic E-state index is 5.76. The van der Waals surface area contributed by atoms with Crippen molar-refractivity contribution >= 4 is 11.6 Å². The van der Waals surface area contributed by atoms with Crippen LogP contribution in [0.5, 0.6) is 0 Å². The number of alkyl halides is 1. The molecule has 0 saturated heterocycles. The molecule has 3 nitrogen and oxygen atoms in total. The highest BCUT2D eigenvalue weighted by molar-refractivity contribution is 6.16. The van der Waals surface area contributed by atoms with Crippen LogP contribution in [0, 0.1) is 13.8 Å². The van der Waals surface area contributed by atoms with Crippen molar-refractivity contribution in [3.63, 3.8) is 0 Å². The molecule has 1 heterocycles. The van der Waals surface area contributed by atoms with E-state index in [2.05, 4.69) is 23.3 Å². The molecule has 2 aromatic rings. The van der Waals surface area contributed by atoms with Gasteiger partial charge in [-0.05, 0) is 25.5 Å². The van der Waals surface area contributed by atoms with Crippen LogP contribution in [0.3, 0.4) is 0 Å². The van der Waals surface area contributed by atoms with E-state index in [4.69, 9.17) is 11.6 Å². The molecule has 0 saturated carbocycles. The lowest BCUT2D eigenvalue weighted by Gasteiger charge is -2.06. The van der Waals surface area contributed by atoms with E-state index in [0.29, 0.717) is 5.88 Å². The van der Waals surface area contributed by atoms with Gasteiger partial charge in [-0.25, -0.2) is 4.68 Å². The number of benzene rings is 1. The Balaban J connectivity index is 2.55. The summed E-state index contributed by atoms with van der Waals surface area (Å²) in [5.41, 5.74) is 4.06. The Kier molecular flexibility index (Phi) is 2.73. The second kappa shape index (κ2) is 4.03. The van der Waals surface area contributed by atoms with Crippen molar-refractivity contribution in [2.45, 2.75) is 19.7 Å². The zero-order valence-electron chi connectivity index (χ0n) is 8.74. The summed E-state index contributed by atoms with van der Waals surface area (Å²) in [6, 6.07) is 8.07. The van der Waals surface area contributed by atoms with Gasteiger partial charge in [0.25, 0.3) is 0 Å². The molecule has 0 aliphatic rings. The second-order valence-electron chi connectivity index (χ2n) is 3.45. The molecule has 78 valence electrons. The average Bonchev–Trinajstić information content (AvgIpc) is 2.60. The van der Waals surface area contributed by atoms with Crippen LogP contribution >= 0.6 is 11.6 Å². The highest BCUT2D eigenvalue weighted by atomic mass is 35.5. The molecule has 0 aliphatic carbocycles. The predicted molar refractivity (Wildman–Crippen MR) is 60.4 cm³/mol. The maximum Gasteiger partial charge on any atom is 0.101 e. The highest BCUT2D eigenvalue weighted by Gasteiger charge is 2.09. The van der Waals surface area contributed by atoms with Crippen molar-refractivity contribution in [1.29, 1.82) is 0 Å². The molecular weight excluding hydrogens is 210 g/mol. The van der Waals surface area contributed by atoms with E-state index in [1.165, 1.54) is 5.56 Å². The number of hydrogen-bond donors (Lipinski definition) is 0. The maximum absolute atomic E-state index is 5.76. The molecule has 0 aliphatic heterocycles. The molecule has 0 unspecified atom stereocenters. The van der Waals surface area contributed by atoms with Crippen LogP contribution in [-0.2, 0) is 5.88 Å². The monoisotopic (exact) mass is 221 g/mol. The lowest BCUT2D eigenvalue weighted by atomic mass is 10.2. The molecule has 0 fully saturated rings. The number of nitrogens with zero attached hydrogens (tertiary/aromatic N) is 3. The van der Waals surface area contributed by atoms with E-state index >= 15 is 0 Å². The first kappa shape index (κ1) is 10.2. The topological polar surface area (TPSA) is 30.7 Å². The summed E-state index contributed by atoms with van der Waals surface area (Å²) in [5.74, 6) is 0.401. The van der Waals surface area contributed by atoms with Crippen LogP contribution < -0.4 is 0 Å². The summed E-state index contributed by atoms with van der Waals surface area (Å²) in [5, 5.41) is 8.13. The Morgan fingerprint density at radius 2 is 2.00 bits per heavy atom.